The maximum atomic E-state index is 9.73. The standard InChI is InChI=1S/C17H16N2O/c20-19(17-12-6-2-7-13-17)15-9-3-8-14-18-16-10-4-1-5-11-16/h1-15,20H. The van der Waals surface area contributed by atoms with Crippen molar-refractivity contribution in [1.29, 1.82) is 0 Å². The van der Waals surface area contributed by atoms with Crippen LogP contribution >= 0.6 is 0 Å². The number of allylic oxidation sites excluding steroid dienone is 3. The Morgan fingerprint density at radius 1 is 0.800 bits per heavy atom. The lowest BCUT2D eigenvalue weighted by Crippen LogP contribution is -2.07. The highest BCUT2D eigenvalue weighted by atomic mass is 16.5. The van der Waals surface area contributed by atoms with Crippen molar-refractivity contribution < 1.29 is 5.21 Å². The van der Waals surface area contributed by atoms with Gasteiger partial charge in [0.1, 0.15) is 0 Å². The molecule has 0 spiro atoms. The summed E-state index contributed by atoms with van der Waals surface area (Å²) in [6, 6.07) is 19.0. The number of nitrogens with zero attached hydrogens (tertiary/aromatic N) is 2. The monoisotopic (exact) mass is 264 g/mol. The second kappa shape index (κ2) is 7.71. The summed E-state index contributed by atoms with van der Waals surface area (Å²) in [4.78, 5) is 4.26. The number of hydrogen-bond donors (Lipinski definition) is 1. The maximum Gasteiger partial charge on any atom is 0.0685 e. The molecule has 0 radical (unpaired) electrons. The number of hydroxylamine groups is 1. The van der Waals surface area contributed by atoms with Crippen LogP contribution in [0.25, 0.3) is 0 Å². The molecule has 3 heteroatoms. The van der Waals surface area contributed by atoms with Gasteiger partial charge in [-0.05, 0) is 36.4 Å². The lowest BCUT2D eigenvalue weighted by Gasteiger charge is -2.10. The highest BCUT2D eigenvalue weighted by molar-refractivity contribution is 5.74. The van der Waals surface area contributed by atoms with Gasteiger partial charge >= 0.3 is 0 Å². The topological polar surface area (TPSA) is 35.8 Å². The molecule has 0 saturated carbocycles. The van der Waals surface area contributed by atoms with Crippen LogP contribution in [-0.4, -0.2) is 11.4 Å². The van der Waals surface area contributed by atoms with Crippen LogP contribution in [0, 0.1) is 0 Å². The van der Waals surface area contributed by atoms with E-state index in [1.807, 2.05) is 66.7 Å². The van der Waals surface area contributed by atoms with Gasteiger partial charge in [-0.25, -0.2) is 5.06 Å². The molecule has 0 aliphatic heterocycles. The molecule has 0 amide bonds. The van der Waals surface area contributed by atoms with Gasteiger partial charge in [0.2, 0.25) is 0 Å². The van der Waals surface area contributed by atoms with Crippen molar-refractivity contribution in [3.05, 3.63) is 85.1 Å². The number of aliphatic imine (C=N–C) groups is 1. The SMILES string of the molecule is ON(C=CC=CC=Nc1ccccc1)c1ccccc1. The minimum absolute atomic E-state index is 0.718. The fourth-order valence-electron chi connectivity index (χ4n) is 1.56. The van der Waals surface area contributed by atoms with Gasteiger partial charge in [0.05, 0.1) is 11.4 Å². The van der Waals surface area contributed by atoms with Gasteiger partial charge in [-0.3, -0.25) is 10.2 Å². The Kier molecular flexibility index (Phi) is 5.31. The average molecular weight is 264 g/mol. The van der Waals surface area contributed by atoms with E-state index in [4.69, 9.17) is 0 Å². The first-order valence-electron chi connectivity index (χ1n) is 6.32. The second-order valence-electron chi connectivity index (χ2n) is 4.02. The lowest BCUT2D eigenvalue weighted by molar-refractivity contribution is 0.296. The number of rotatable bonds is 5. The minimum atomic E-state index is 0.718. The zero-order valence-corrected chi connectivity index (χ0v) is 11.0. The van der Waals surface area contributed by atoms with Crippen molar-refractivity contribution in [2.45, 2.75) is 0 Å². The van der Waals surface area contributed by atoms with Crippen LogP contribution in [0.3, 0.4) is 0 Å². The summed E-state index contributed by atoms with van der Waals surface area (Å²) in [5, 5.41) is 10.8. The van der Waals surface area contributed by atoms with Crippen LogP contribution < -0.4 is 5.06 Å². The van der Waals surface area contributed by atoms with Crippen molar-refractivity contribution in [2.24, 2.45) is 4.99 Å². The van der Waals surface area contributed by atoms with Crippen LogP contribution in [0.2, 0.25) is 0 Å². The summed E-state index contributed by atoms with van der Waals surface area (Å²) in [6.07, 6.45) is 8.64. The summed E-state index contributed by atoms with van der Waals surface area (Å²) in [6.45, 7) is 0. The molecule has 2 aromatic rings. The third-order valence-electron chi connectivity index (χ3n) is 2.54. The van der Waals surface area contributed by atoms with Crippen LogP contribution in [0.5, 0.6) is 0 Å². The van der Waals surface area contributed by atoms with Gasteiger partial charge in [0.25, 0.3) is 0 Å². The molecule has 100 valence electrons. The van der Waals surface area contributed by atoms with Gasteiger partial charge < -0.3 is 0 Å². The fourth-order valence-corrected chi connectivity index (χ4v) is 1.56. The Balaban J connectivity index is 1.84. The zero-order valence-electron chi connectivity index (χ0n) is 11.0. The zero-order chi connectivity index (χ0) is 14.0. The molecule has 0 aliphatic rings. The van der Waals surface area contributed by atoms with Crippen LogP contribution in [0.15, 0.2) is 90.1 Å². The molecule has 0 aromatic heterocycles. The Hall–Kier alpha value is -2.65. The molecule has 0 aliphatic carbocycles. The van der Waals surface area contributed by atoms with E-state index in [9.17, 15) is 5.21 Å². The van der Waals surface area contributed by atoms with Crippen molar-refractivity contribution >= 4 is 17.6 Å². The average Bonchev–Trinajstić information content (AvgIpc) is 2.52. The van der Waals surface area contributed by atoms with E-state index in [0.717, 1.165) is 16.4 Å². The van der Waals surface area contributed by atoms with Gasteiger partial charge in [-0.2, -0.15) is 0 Å². The van der Waals surface area contributed by atoms with Crippen molar-refractivity contribution in [3.8, 4) is 0 Å². The summed E-state index contributed by atoms with van der Waals surface area (Å²) in [5.41, 5.74) is 1.63. The lowest BCUT2D eigenvalue weighted by atomic mass is 10.3. The Morgan fingerprint density at radius 2 is 1.45 bits per heavy atom. The van der Waals surface area contributed by atoms with E-state index in [2.05, 4.69) is 4.99 Å². The van der Waals surface area contributed by atoms with E-state index in [1.54, 1.807) is 24.6 Å². The second-order valence-corrected chi connectivity index (χ2v) is 4.02. The molecule has 0 fully saturated rings. The Labute approximate surface area is 118 Å². The van der Waals surface area contributed by atoms with E-state index < -0.39 is 0 Å². The molecule has 2 aromatic carbocycles. The molecular weight excluding hydrogens is 248 g/mol. The van der Waals surface area contributed by atoms with Crippen molar-refractivity contribution in [2.75, 3.05) is 5.06 Å². The number of benzene rings is 2. The third kappa shape index (κ3) is 4.55. The first kappa shape index (κ1) is 13.8. The van der Waals surface area contributed by atoms with Gasteiger partial charge in [0.15, 0.2) is 0 Å². The van der Waals surface area contributed by atoms with E-state index in [-0.39, 0.29) is 0 Å². The van der Waals surface area contributed by atoms with Crippen LogP contribution in [0.4, 0.5) is 11.4 Å². The number of anilines is 1. The molecule has 1 N–H and O–H groups in total. The first-order valence-corrected chi connectivity index (χ1v) is 6.32. The number of hydrogen-bond acceptors (Lipinski definition) is 3. The van der Waals surface area contributed by atoms with Gasteiger partial charge in [-0.15, -0.1) is 0 Å². The quantitative estimate of drug-likeness (QED) is 0.495. The van der Waals surface area contributed by atoms with Crippen LogP contribution in [0.1, 0.15) is 0 Å². The van der Waals surface area contributed by atoms with Crippen molar-refractivity contribution in [1.82, 2.24) is 0 Å². The van der Waals surface area contributed by atoms with E-state index in [0.29, 0.717) is 0 Å². The molecule has 0 heterocycles. The fraction of sp³-hybridized carbons (Fsp3) is 0. The number of para-hydroxylation sites is 2. The molecule has 20 heavy (non-hydrogen) atoms. The minimum Gasteiger partial charge on any atom is -0.284 e. The Morgan fingerprint density at radius 3 is 2.15 bits per heavy atom. The normalized spacial score (nSPS) is 11.7. The molecule has 3 nitrogen and oxygen atoms in total. The summed E-state index contributed by atoms with van der Waals surface area (Å²) >= 11 is 0. The predicted molar refractivity (Wildman–Crippen MR) is 83.6 cm³/mol. The summed E-state index contributed by atoms with van der Waals surface area (Å²) in [7, 11) is 0. The van der Waals surface area contributed by atoms with Crippen LogP contribution in [-0.2, 0) is 0 Å². The Bertz CT molecular complexity index is 589. The molecule has 0 saturated heterocycles. The first-order chi connectivity index (χ1) is 9.86. The highest BCUT2D eigenvalue weighted by Gasteiger charge is 1.94. The van der Waals surface area contributed by atoms with E-state index in [1.165, 1.54) is 0 Å². The molecule has 0 bridgehead atoms. The molecular formula is C17H16N2O. The van der Waals surface area contributed by atoms with Crippen molar-refractivity contribution in [3.63, 3.8) is 0 Å². The maximum absolute atomic E-state index is 9.73. The highest BCUT2D eigenvalue weighted by Crippen LogP contribution is 2.10. The van der Waals surface area contributed by atoms with Gasteiger partial charge in [0, 0.05) is 12.4 Å². The molecule has 0 unspecified atom stereocenters. The third-order valence-corrected chi connectivity index (χ3v) is 2.54. The molecule has 0 atom stereocenters. The van der Waals surface area contributed by atoms with E-state index >= 15 is 0 Å². The predicted octanol–water partition coefficient (Wildman–Crippen LogP) is 4.35. The smallest absolute Gasteiger partial charge is 0.0685 e. The van der Waals surface area contributed by atoms with Gasteiger partial charge in [-0.1, -0.05) is 42.5 Å². The summed E-state index contributed by atoms with van der Waals surface area (Å²) in [5.74, 6) is 0. The summed E-state index contributed by atoms with van der Waals surface area (Å²) < 4.78 is 0. The largest absolute Gasteiger partial charge is 0.284 e. The molecule has 2 rings (SSSR count).